The molecule has 3 heterocycles. The number of hydrogen-bond acceptors (Lipinski definition) is 6. The Kier molecular flexibility index (Phi) is 8.17. The monoisotopic (exact) mass is 551 g/mol. The van der Waals surface area contributed by atoms with Crippen LogP contribution in [0.1, 0.15) is 11.3 Å². The van der Waals surface area contributed by atoms with E-state index in [4.69, 9.17) is 10.7 Å². The lowest BCUT2D eigenvalue weighted by Crippen LogP contribution is -2.11. The zero-order chi connectivity index (χ0) is 26.3. The molecule has 1 aliphatic rings. The van der Waals surface area contributed by atoms with Crippen LogP contribution in [0.2, 0.25) is 0 Å². The van der Waals surface area contributed by atoms with E-state index in [9.17, 15) is 16.8 Å². The number of aromatic nitrogens is 3. The maximum Gasteiger partial charge on any atom is 0.268 e. The highest BCUT2D eigenvalue weighted by atomic mass is 35.7. The van der Waals surface area contributed by atoms with Crippen molar-refractivity contribution >= 4 is 46.9 Å². The number of halogens is 1. The van der Waals surface area contributed by atoms with Gasteiger partial charge in [0.05, 0.1) is 26.5 Å². The van der Waals surface area contributed by atoms with E-state index in [1.54, 1.807) is 72.9 Å². The molecule has 0 amide bonds. The van der Waals surface area contributed by atoms with E-state index < -0.39 is 19.1 Å². The van der Waals surface area contributed by atoms with Crippen molar-refractivity contribution in [2.24, 2.45) is 0 Å². The molecular weight excluding hydrogens is 530 g/mol. The van der Waals surface area contributed by atoms with Gasteiger partial charge < -0.3 is 0 Å². The lowest BCUT2D eigenvalue weighted by atomic mass is 10.2. The summed E-state index contributed by atoms with van der Waals surface area (Å²) in [4.78, 5) is 8.70. The first-order valence-corrected chi connectivity index (χ1v) is 14.8. The third-order valence-electron chi connectivity index (χ3n) is 5.29. The Labute approximate surface area is 220 Å². The number of rotatable bonds is 3. The van der Waals surface area contributed by atoms with Crippen LogP contribution in [0.5, 0.6) is 0 Å². The third kappa shape index (κ3) is 6.51. The van der Waals surface area contributed by atoms with Gasteiger partial charge in [0.25, 0.3) is 19.1 Å². The zero-order valence-electron chi connectivity index (χ0n) is 19.4. The summed E-state index contributed by atoms with van der Waals surface area (Å²) in [5.41, 5.74) is 3.73. The van der Waals surface area contributed by atoms with Crippen LogP contribution in [0.15, 0.2) is 125 Å². The van der Waals surface area contributed by atoms with Gasteiger partial charge >= 0.3 is 0 Å². The average molecular weight is 552 g/mol. The van der Waals surface area contributed by atoms with Crippen LogP contribution in [0.4, 0.5) is 0 Å². The molecule has 10 heteroatoms. The van der Waals surface area contributed by atoms with Crippen LogP contribution in [-0.2, 0) is 25.5 Å². The standard InChI is InChI=1S/C13H10N2O2S.C8H7N.C6H5ClO2S/c16-18(17,11-5-2-1-3-6-11)15-10-8-12-13(15)7-4-9-14-12;1-3-7-4-2-6-9-8(7)5-1;7-10(8,9)6-4-2-1-3-5-6/h1-10H;1-2,4-6H,3H2;1-5H. The van der Waals surface area contributed by atoms with E-state index in [1.807, 2.05) is 12.3 Å². The molecule has 0 bridgehead atoms. The van der Waals surface area contributed by atoms with Crippen molar-refractivity contribution in [2.45, 2.75) is 16.2 Å². The fourth-order valence-electron chi connectivity index (χ4n) is 3.51. The Morgan fingerprint density at radius 3 is 1.95 bits per heavy atom. The Morgan fingerprint density at radius 1 is 0.703 bits per heavy atom. The third-order valence-corrected chi connectivity index (χ3v) is 8.36. The molecule has 37 heavy (non-hydrogen) atoms. The summed E-state index contributed by atoms with van der Waals surface area (Å²) in [5.74, 6) is 0. The van der Waals surface area contributed by atoms with E-state index in [0.29, 0.717) is 11.0 Å². The molecule has 5 aromatic rings. The smallest absolute Gasteiger partial charge is 0.257 e. The van der Waals surface area contributed by atoms with Crippen LogP contribution in [0.25, 0.3) is 17.1 Å². The molecule has 0 aliphatic heterocycles. The number of hydrogen-bond donors (Lipinski definition) is 0. The van der Waals surface area contributed by atoms with Gasteiger partial charge in [-0.3, -0.25) is 9.97 Å². The van der Waals surface area contributed by atoms with Crippen LogP contribution in [0.3, 0.4) is 0 Å². The average Bonchev–Trinajstić information content (AvgIpc) is 3.58. The van der Waals surface area contributed by atoms with Gasteiger partial charge in [-0.15, -0.1) is 0 Å². The SMILES string of the molecule is C1=Cc2ncccc2C1.O=S(=O)(Cl)c1ccccc1.O=S(=O)(c1ccccc1)n1ccc2ncccc21. The molecular formula is C27H22ClN3O4S2. The minimum Gasteiger partial charge on any atom is -0.257 e. The van der Waals surface area contributed by atoms with Gasteiger partial charge in [-0.25, -0.2) is 20.8 Å². The van der Waals surface area contributed by atoms with E-state index in [1.165, 1.54) is 27.9 Å². The zero-order valence-corrected chi connectivity index (χ0v) is 21.8. The Bertz CT molecular complexity index is 1740. The highest BCUT2D eigenvalue weighted by Gasteiger charge is 2.18. The van der Waals surface area contributed by atoms with Crippen molar-refractivity contribution in [3.63, 3.8) is 0 Å². The second kappa shape index (κ2) is 11.5. The minimum absolute atomic E-state index is 0.136. The van der Waals surface area contributed by atoms with Crippen molar-refractivity contribution in [2.75, 3.05) is 0 Å². The largest absolute Gasteiger partial charge is 0.268 e. The van der Waals surface area contributed by atoms with E-state index in [2.05, 4.69) is 28.2 Å². The Balaban J connectivity index is 0.000000142. The molecule has 3 aromatic heterocycles. The summed E-state index contributed by atoms with van der Waals surface area (Å²) < 4.78 is 47.3. The normalized spacial score (nSPS) is 12.1. The summed E-state index contributed by atoms with van der Waals surface area (Å²) in [6, 6.07) is 25.5. The van der Waals surface area contributed by atoms with Crippen molar-refractivity contribution in [3.8, 4) is 0 Å². The van der Waals surface area contributed by atoms with Crippen molar-refractivity contribution in [1.82, 2.24) is 13.9 Å². The van der Waals surface area contributed by atoms with E-state index in [-0.39, 0.29) is 9.79 Å². The number of nitrogens with zero attached hydrogens (tertiary/aromatic N) is 3. The second-order valence-electron chi connectivity index (χ2n) is 7.74. The number of pyridine rings is 2. The summed E-state index contributed by atoms with van der Waals surface area (Å²) in [6.07, 6.45) is 10.3. The number of allylic oxidation sites excluding steroid dienone is 1. The topological polar surface area (TPSA) is 99.0 Å². The summed E-state index contributed by atoms with van der Waals surface area (Å²) >= 11 is 0. The van der Waals surface area contributed by atoms with Gasteiger partial charge in [0.1, 0.15) is 0 Å². The predicted octanol–water partition coefficient (Wildman–Crippen LogP) is 5.54. The minimum atomic E-state index is -3.55. The molecule has 0 saturated heterocycles. The molecule has 0 saturated carbocycles. The molecule has 0 fully saturated rings. The molecule has 6 rings (SSSR count). The van der Waals surface area contributed by atoms with Gasteiger partial charge in [0, 0.05) is 29.3 Å². The summed E-state index contributed by atoms with van der Waals surface area (Å²) in [6.45, 7) is 0. The first kappa shape index (κ1) is 26.3. The van der Waals surface area contributed by atoms with Crippen molar-refractivity contribution in [3.05, 3.63) is 127 Å². The van der Waals surface area contributed by atoms with Crippen LogP contribution in [0, 0.1) is 0 Å². The maximum atomic E-state index is 12.4. The van der Waals surface area contributed by atoms with E-state index >= 15 is 0 Å². The van der Waals surface area contributed by atoms with E-state index in [0.717, 1.165) is 12.1 Å². The first-order chi connectivity index (χ1) is 17.8. The van der Waals surface area contributed by atoms with Crippen LogP contribution < -0.4 is 0 Å². The van der Waals surface area contributed by atoms with Crippen molar-refractivity contribution in [1.29, 1.82) is 0 Å². The molecule has 0 N–H and O–H groups in total. The highest BCUT2D eigenvalue weighted by molar-refractivity contribution is 8.13. The van der Waals surface area contributed by atoms with Crippen LogP contribution in [-0.4, -0.2) is 30.8 Å². The molecule has 188 valence electrons. The first-order valence-electron chi connectivity index (χ1n) is 11.1. The fourth-order valence-corrected chi connectivity index (χ4v) is 5.67. The molecule has 0 unspecified atom stereocenters. The molecule has 1 aliphatic carbocycles. The molecule has 7 nitrogen and oxygen atoms in total. The summed E-state index contributed by atoms with van der Waals surface area (Å²) in [7, 11) is -2.05. The second-order valence-corrected chi connectivity index (χ2v) is 12.1. The highest BCUT2D eigenvalue weighted by Crippen LogP contribution is 2.20. The summed E-state index contributed by atoms with van der Waals surface area (Å²) in [5, 5.41) is 0. The van der Waals surface area contributed by atoms with Gasteiger partial charge in [-0.05, 0) is 66.6 Å². The maximum absolute atomic E-state index is 12.4. The Morgan fingerprint density at radius 2 is 1.32 bits per heavy atom. The van der Waals surface area contributed by atoms with Crippen LogP contribution >= 0.6 is 10.7 Å². The van der Waals surface area contributed by atoms with Gasteiger partial charge in [-0.2, -0.15) is 0 Å². The van der Waals surface area contributed by atoms with Gasteiger partial charge in [0.15, 0.2) is 0 Å². The predicted molar refractivity (Wildman–Crippen MR) is 145 cm³/mol. The lowest BCUT2D eigenvalue weighted by Gasteiger charge is -2.06. The lowest BCUT2D eigenvalue weighted by molar-refractivity contribution is 0.589. The molecule has 0 spiro atoms. The molecule has 0 radical (unpaired) electrons. The van der Waals surface area contributed by atoms with Gasteiger partial charge in [-0.1, -0.05) is 48.5 Å². The quantitative estimate of drug-likeness (QED) is 0.273. The number of fused-ring (bicyclic) bond motifs is 2. The van der Waals surface area contributed by atoms with Crippen molar-refractivity contribution < 1.29 is 16.8 Å². The van der Waals surface area contributed by atoms with Gasteiger partial charge in [0.2, 0.25) is 0 Å². The molecule has 2 aromatic carbocycles. The number of benzene rings is 2. The Hall–Kier alpha value is -3.79. The fraction of sp³-hybridized carbons (Fsp3) is 0.0370. The molecule has 0 atom stereocenters.